The molecule has 0 aromatic heterocycles. The zero-order valence-electron chi connectivity index (χ0n) is 10.0. The number of carbonyl (C=O) groups excluding carboxylic acids is 1. The van der Waals surface area contributed by atoms with E-state index < -0.39 is 0 Å². The maximum atomic E-state index is 11.2. The van der Waals surface area contributed by atoms with E-state index >= 15 is 0 Å². The summed E-state index contributed by atoms with van der Waals surface area (Å²) in [4.78, 5) is 13.7. The molecule has 15 heavy (non-hydrogen) atoms. The normalized spacial score (nSPS) is 17.9. The lowest BCUT2D eigenvalue weighted by Gasteiger charge is -2.21. The van der Waals surface area contributed by atoms with Crippen molar-refractivity contribution in [1.82, 2.24) is 15.5 Å². The summed E-state index contributed by atoms with van der Waals surface area (Å²) in [5.41, 5.74) is 0. The summed E-state index contributed by atoms with van der Waals surface area (Å²) in [6.07, 6.45) is 2.69. The number of nitrogens with zero attached hydrogens (tertiary/aromatic N) is 1. The largest absolute Gasteiger partial charge is 0.358 e. The second-order valence-electron chi connectivity index (χ2n) is 4.15. The lowest BCUT2D eigenvalue weighted by molar-refractivity contribution is -0.122. The van der Waals surface area contributed by atoms with Crippen LogP contribution in [-0.2, 0) is 4.79 Å². The van der Waals surface area contributed by atoms with E-state index in [9.17, 15) is 4.79 Å². The van der Waals surface area contributed by atoms with Crippen molar-refractivity contribution in [3.63, 3.8) is 0 Å². The highest BCUT2D eigenvalue weighted by atomic mass is 16.2. The monoisotopic (exact) mass is 213 g/mol. The molecule has 0 saturated heterocycles. The van der Waals surface area contributed by atoms with Gasteiger partial charge in [-0.25, -0.2) is 0 Å². The molecule has 0 spiro atoms. The van der Waals surface area contributed by atoms with Crippen LogP contribution in [-0.4, -0.2) is 49.6 Å². The minimum atomic E-state index is -0.0899. The number of hydrogen-bond donors (Lipinski definition) is 2. The molecule has 0 radical (unpaired) electrons. The molecule has 1 aliphatic rings. The molecule has 1 rings (SSSR count). The Kier molecular flexibility index (Phi) is 5.05. The van der Waals surface area contributed by atoms with E-state index in [-0.39, 0.29) is 11.9 Å². The van der Waals surface area contributed by atoms with E-state index in [4.69, 9.17) is 0 Å². The Labute approximate surface area is 92.4 Å². The van der Waals surface area contributed by atoms with Gasteiger partial charge in [-0.3, -0.25) is 9.69 Å². The van der Waals surface area contributed by atoms with Crippen molar-refractivity contribution >= 4 is 5.91 Å². The second kappa shape index (κ2) is 6.08. The Balaban J connectivity index is 2.11. The van der Waals surface area contributed by atoms with Gasteiger partial charge in [-0.15, -0.1) is 0 Å². The third-order valence-corrected chi connectivity index (χ3v) is 2.96. The zero-order chi connectivity index (χ0) is 11.3. The Hall–Kier alpha value is -0.610. The number of nitrogens with one attached hydrogen (secondary N) is 2. The first-order valence-electron chi connectivity index (χ1n) is 5.88. The van der Waals surface area contributed by atoms with Crippen molar-refractivity contribution < 1.29 is 4.79 Å². The van der Waals surface area contributed by atoms with Gasteiger partial charge in [0, 0.05) is 26.2 Å². The standard InChI is InChI=1S/C11H23N3O/c1-4-14(10-5-6-10)8-7-13-9(2)11(15)12-3/h9-10,13H,4-8H2,1-3H3,(H,12,15). The quantitative estimate of drug-likeness (QED) is 0.635. The van der Waals surface area contributed by atoms with Gasteiger partial charge in [-0.05, 0) is 26.3 Å². The number of carbonyl (C=O) groups is 1. The predicted octanol–water partition coefficient (Wildman–Crippen LogP) is 0.195. The summed E-state index contributed by atoms with van der Waals surface area (Å²) >= 11 is 0. The first-order valence-corrected chi connectivity index (χ1v) is 5.88. The van der Waals surface area contributed by atoms with Crippen LogP contribution in [0, 0.1) is 0 Å². The van der Waals surface area contributed by atoms with Gasteiger partial charge in [0.25, 0.3) is 0 Å². The minimum absolute atomic E-state index is 0.0597. The Bertz CT molecular complexity index is 204. The highest BCUT2D eigenvalue weighted by molar-refractivity contribution is 5.80. The van der Waals surface area contributed by atoms with Crippen LogP contribution in [0.3, 0.4) is 0 Å². The van der Waals surface area contributed by atoms with E-state index in [0.717, 1.165) is 25.7 Å². The molecule has 1 aliphatic carbocycles. The molecule has 0 bridgehead atoms. The Morgan fingerprint density at radius 1 is 1.53 bits per heavy atom. The highest BCUT2D eigenvalue weighted by Crippen LogP contribution is 2.25. The predicted molar refractivity (Wildman–Crippen MR) is 61.8 cm³/mol. The molecule has 2 N–H and O–H groups in total. The highest BCUT2D eigenvalue weighted by Gasteiger charge is 2.27. The van der Waals surface area contributed by atoms with Crippen LogP contribution >= 0.6 is 0 Å². The molecule has 88 valence electrons. The zero-order valence-corrected chi connectivity index (χ0v) is 10.0. The fraction of sp³-hybridized carbons (Fsp3) is 0.909. The third kappa shape index (κ3) is 4.18. The molecule has 0 heterocycles. The van der Waals surface area contributed by atoms with Crippen LogP contribution in [0.1, 0.15) is 26.7 Å². The van der Waals surface area contributed by atoms with Gasteiger partial charge in [0.05, 0.1) is 6.04 Å². The number of hydrogen-bond acceptors (Lipinski definition) is 3. The molecule has 4 nitrogen and oxygen atoms in total. The lowest BCUT2D eigenvalue weighted by atomic mass is 10.3. The molecule has 1 unspecified atom stereocenters. The SMILES string of the molecule is CCN(CCNC(C)C(=O)NC)C1CC1. The molecular weight excluding hydrogens is 190 g/mol. The molecule has 1 amide bonds. The van der Waals surface area contributed by atoms with Crippen LogP contribution in [0.5, 0.6) is 0 Å². The average Bonchev–Trinajstić information content (AvgIpc) is 3.06. The van der Waals surface area contributed by atoms with Crippen molar-refractivity contribution in [1.29, 1.82) is 0 Å². The molecule has 1 atom stereocenters. The second-order valence-corrected chi connectivity index (χ2v) is 4.15. The van der Waals surface area contributed by atoms with Crippen LogP contribution in [0.25, 0.3) is 0 Å². The van der Waals surface area contributed by atoms with Gasteiger partial charge in [0.2, 0.25) is 5.91 Å². The van der Waals surface area contributed by atoms with E-state index in [1.807, 2.05) is 6.92 Å². The first kappa shape index (κ1) is 12.5. The average molecular weight is 213 g/mol. The summed E-state index contributed by atoms with van der Waals surface area (Å²) in [6.45, 7) is 7.13. The minimum Gasteiger partial charge on any atom is -0.358 e. The molecule has 0 aliphatic heterocycles. The number of amides is 1. The summed E-state index contributed by atoms with van der Waals surface area (Å²) in [7, 11) is 1.67. The molecular formula is C11H23N3O. The number of rotatable bonds is 7. The molecule has 0 aromatic carbocycles. The van der Waals surface area contributed by atoms with Crippen LogP contribution in [0.15, 0.2) is 0 Å². The first-order chi connectivity index (χ1) is 7.19. The Morgan fingerprint density at radius 3 is 2.67 bits per heavy atom. The lowest BCUT2D eigenvalue weighted by Crippen LogP contribution is -2.44. The van der Waals surface area contributed by atoms with E-state index in [1.165, 1.54) is 12.8 Å². The number of likely N-dealkylation sites (N-methyl/N-ethyl adjacent to an activating group) is 2. The van der Waals surface area contributed by atoms with Gasteiger partial charge in [0.1, 0.15) is 0 Å². The van der Waals surface area contributed by atoms with E-state index in [0.29, 0.717) is 0 Å². The fourth-order valence-electron chi connectivity index (χ4n) is 1.77. The van der Waals surface area contributed by atoms with Crippen molar-refractivity contribution in [3.8, 4) is 0 Å². The van der Waals surface area contributed by atoms with Gasteiger partial charge >= 0.3 is 0 Å². The topological polar surface area (TPSA) is 44.4 Å². The van der Waals surface area contributed by atoms with E-state index in [2.05, 4.69) is 22.5 Å². The van der Waals surface area contributed by atoms with Crippen molar-refractivity contribution in [2.24, 2.45) is 0 Å². The molecule has 0 aromatic rings. The molecule has 1 saturated carbocycles. The van der Waals surface area contributed by atoms with Gasteiger partial charge in [-0.2, -0.15) is 0 Å². The van der Waals surface area contributed by atoms with Crippen molar-refractivity contribution in [2.75, 3.05) is 26.7 Å². The summed E-state index contributed by atoms with van der Waals surface area (Å²) < 4.78 is 0. The van der Waals surface area contributed by atoms with E-state index in [1.54, 1.807) is 7.05 Å². The third-order valence-electron chi connectivity index (χ3n) is 2.96. The van der Waals surface area contributed by atoms with Crippen LogP contribution in [0.4, 0.5) is 0 Å². The smallest absolute Gasteiger partial charge is 0.236 e. The van der Waals surface area contributed by atoms with Gasteiger partial charge < -0.3 is 10.6 Å². The summed E-state index contributed by atoms with van der Waals surface area (Å²) in [5.74, 6) is 0.0597. The maximum absolute atomic E-state index is 11.2. The summed E-state index contributed by atoms with van der Waals surface area (Å²) in [6, 6.07) is 0.722. The van der Waals surface area contributed by atoms with Crippen molar-refractivity contribution in [2.45, 2.75) is 38.8 Å². The molecule has 1 fully saturated rings. The maximum Gasteiger partial charge on any atom is 0.236 e. The molecule has 4 heteroatoms. The fourth-order valence-corrected chi connectivity index (χ4v) is 1.77. The van der Waals surface area contributed by atoms with Crippen LogP contribution in [0.2, 0.25) is 0 Å². The van der Waals surface area contributed by atoms with Crippen molar-refractivity contribution in [3.05, 3.63) is 0 Å². The summed E-state index contributed by atoms with van der Waals surface area (Å²) in [5, 5.41) is 5.86. The van der Waals surface area contributed by atoms with Gasteiger partial charge in [-0.1, -0.05) is 6.92 Å². The Morgan fingerprint density at radius 2 is 2.20 bits per heavy atom. The van der Waals surface area contributed by atoms with Crippen LogP contribution < -0.4 is 10.6 Å². The van der Waals surface area contributed by atoms with Gasteiger partial charge in [0.15, 0.2) is 0 Å².